The highest BCUT2D eigenvalue weighted by molar-refractivity contribution is 5.81. The first-order chi connectivity index (χ1) is 8.76. The molecule has 0 atom stereocenters. The number of amides is 1. The molecule has 0 aliphatic rings. The summed E-state index contributed by atoms with van der Waals surface area (Å²) in [5.74, 6) is -0.744. The summed E-state index contributed by atoms with van der Waals surface area (Å²) < 4.78 is 4.90. The van der Waals surface area contributed by atoms with Crippen LogP contribution in [0.4, 0.5) is 5.69 Å². The fourth-order valence-electron chi connectivity index (χ4n) is 1.45. The fraction of sp³-hybridized carbons (Fsp3) is 0.429. The third kappa shape index (κ3) is 6.45. The molecule has 1 amide bonds. The molecule has 3 N–H and O–H groups in total. The summed E-state index contributed by atoms with van der Waals surface area (Å²) in [6.07, 6.45) is 0.128. The fourth-order valence-corrected chi connectivity index (χ4v) is 1.45. The number of carbonyl (C=O) groups is 2. The minimum atomic E-state index is -0.436. The van der Waals surface area contributed by atoms with E-state index >= 15 is 0 Å². The van der Waals surface area contributed by atoms with Gasteiger partial charge in [-0.1, -0.05) is 12.1 Å². The number of benzene rings is 1. The van der Waals surface area contributed by atoms with Gasteiger partial charge < -0.3 is 15.8 Å². The zero-order chi connectivity index (χ0) is 14.5. The molecule has 1 aromatic carbocycles. The van der Waals surface area contributed by atoms with E-state index in [9.17, 15) is 9.59 Å². The number of esters is 1. The normalized spacial score (nSPS) is 10.9. The third-order valence-electron chi connectivity index (χ3n) is 2.21. The predicted octanol–water partition coefficient (Wildman–Crippen LogP) is 1.27. The SMILES string of the molecule is CC(C)(C)NC(=O)COC(=O)Cc1ccc(N)cc1. The average molecular weight is 264 g/mol. The van der Waals surface area contributed by atoms with Gasteiger partial charge in [0, 0.05) is 11.2 Å². The van der Waals surface area contributed by atoms with E-state index in [-0.39, 0.29) is 24.5 Å². The van der Waals surface area contributed by atoms with E-state index in [2.05, 4.69) is 5.32 Å². The van der Waals surface area contributed by atoms with Crippen molar-refractivity contribution in [3.05, 3.63) is 29.8 Å². The molecule has 0 fully saturated rings. The van der Waals surface area contributed by atoms with Gasteiger partial charge in [-0.25, -0.2) is 0 Å². The molecule has 0 aromatic heterocycles. The van der Waals surface area contributed by atoms with Gasteiger partial charge >= 0.3 is 5.97 Å². The topological polar surface area (TPSA) is 81.4 Å². The van der Waals surface area contributed by atoms with Crippen LogP contribution in [0, 0.1) is 0 Å². The van der Waals surface area contributed by atoms with E-state index in [0.29, 0.717) is 5.69 Å². The third-order valence-corrected chi connectivity index (χ3v) is 2.21. The lowest BCUT2D eigenvalue weighted by Gasteiger charge is -2.20. The number of nitrogens with two attached hydrogens (primary N) is 1. The summed E-state index contributed by atoms with van der Waals surface area (Å²) in [6.45, 7) is 5.33. The maximum absolute atomic E-state index is 11.5. The van der Waals surface area contributed by atoms with Crippen LogP contribution in [0.25, 0.3) is 0 Å². The van der Waals surface area contributed by atoms with Crippen molar-refractivity contribution in [3.8, 4) is 0 Å². The minimum Gasteiger partial charge on any atom is -0.455 e. The van der Waals surface area contributed by atoms with Crippen LogP contribution in [0.3, 0.4) is 0 Å². The maximum Gasteiger partial charge on any atom is 0.310 e. The van der Waals surface area contributed by atoms with E-state index in [1.54, 1.807) is 24.3 Å². The predicted molar refractivity (Wildman–Crippen MR) is 73.4 cm³/mol. The number of carbonyl (C=O) groups excluding carboxylic acids is 2. The highest BCUT2D eigenvalue weighted by atomic mass is 16.5. The summed E-state index contributed by atoms with van der Waals surface area (Å²) in [5.41, 5.74) is 6.65. The molecule has 0 aliphatic heterocycles. The van der Waals surface area contributed by atoms with Crippen LogP contribution < -0.4 is 11.1 Å². The highest BCUT2D eigenvalue weighted by Gasteiger charge is 2.15. The molecule has 1 aromatic rings. The summed E-state index contributed by atoms with van der Waals surface area (Å²) in [5, 5.41) is 2.71. The Morgan fingerprint density at radius 3 is 2.32 bits per heavy atom. The van der Waals surface area contributed by atoms with Gasteiger partial charge in [0.25, 0.3) is 5.91 Å². The summed E-state index contributed by atoms with van der Waals surface area (Å²) in [7, 11) is 0. The second-order valence-corrected chi connectivity index (χ2v) is 5.38. The van der Waals surface area contributed by atoms with Gasteiger partial charge in [0.15, 0.2) is 6.61 Å². The maximum atomic E-state index is 11.5. The Morgan fingerprint density at radius 2 is 1.79 bits per heavy atom. The molecule has 0 heterocycles. The monoisotopic (exact) mass is 264 g/mol. The second-order valence-electron chi connectivity index (χ2n) is 5.38. The van der Waals surface area contributed by atoms with Gasteiger partial charge in [-0.15, -0.1) is 0 Å². The van der Waals surface area contributed by atoms with Crippen LogP contribution in [0.2, 0.25) is 0 Å². The van der Waals surface area contributed by atoms with Crippen molar-refractivity contribution >= 4 is 17.6 Å². The molecular weight excluding hydrogens is 244 g/mol. The van der Waals surface area contributed by atoms with E-state index in [1.807, 2.05) is 20.8 Å². The van der Waals surface area contributed by atoms with Gasteiger partial charge in [0.1, 0.15) is 0 Å². The zero-order valence-electron chi connectivity index (χ0n) is 11.5. The summed E-state index contributed by atoms with van der Waals surface area (Å²) in [4.78, 5) is 23.0. The molecule has 0 saturated heterocycles. The molecule has 0 radical (unpaired) electrons. The van der Waals surface area contributed by atoms with Crippen molar-refractivity contribution < 1.29 is 14.3 Å². The number of anilines is 1. The van der Waals surface area contributed by atoms with Crippen LogP contribution >= 0.6 is 0 Å². The Kier molecular flexibility index (Phi) is 4.92. The van der Waals surface area contributed by atoms with Crippen LogP contribution in [0.5, 0.6) is 0 Å². The van der Waals surface area contributed by atoms with Crippen molar-refractivity contribution in [2.75, 3.05) is 12.3 Å². The van der Waals surface area contributed by atoms with Crippen LogP contribution in [-0.4, -0.2) is 24.0 Å². The summed E-state index contributed by atoms with van der Waals surface area (Å²) in [6, 6.07) is 6.95. The lowest BCUT2D eigenvalue weighted by molar-refractivity contribution is -0.148. The largest absolute Gasteiger partial charge is 0.455 e. The molecule has 0 bridgehead atoms. The second kappa shape index (κ2) is 6.22. The van der Waals surface area contributed by atoms with Crippen molar-refractivity contribution in [1.82, 2.24) is 5.32 Å². The molecule has 5 heteroatoms. The van der Waals surface area contributed by atoms with Crippen LogP contribution in [-0.2, 0) is 20.7 Å². The molecular formula is C14H20N2O3. The average Bonchev–Trinajstić information content (AvgIpc) is 2.27. The smallest absolute Gasteiger partial charge is 0.310 e. The van der Waals surface area contributed by atoms with Gasteiger partial charge in [-0.3, -0.25) is 9.59 Å². The van der Waals surface area contributed by atoms with E-state index in [4.69, 9.17) is 10.5 Å². The summed E-state index contributed by atoms with van der Waals surface area (Å²) >= 11 is 0. The number of ether oxygens (including phenoxy) is 1. The van der Waals surface area contributed by atoms with Crippen molar-refractivity contribution in [3.63, 3.8) is 0 Å². The van der Waals surface area contributed by atoms with Crippen molar-refractivity contribution in [1.29, 1.82) is 0 Å². The van der Waals surface area contributed by atoms with Crippen molar-refractivity contribution in [2.24, 2.45) is 0 Å². The van der Waals surface area contributed by atoms with Crippen molar-refractivity contribution in [2.45, 2.75) is 32.7 Å². The molecule has 0 unspecified atom stereocenters. The van der Waals surface area contributed by atoms with Gasteiger partial charge in [-0.05, 0) is 38.5 Å². The Bertz CT molecular complexity index is 447. The Morgan fingerprint density at radius 1 is 1.21 bits per heavy atom. The number of nitrogens with one attached hydrogen (secondary N) is 1. The quantitative estimate of drug-likeness (QED) is 0.634. The number of hydrogen-bond acceptors (Lipinski definition) is 4. The lowest BCUT2D eigenvalue weighted by Crippen LogP contribution is -2.42. The molecule has 0 saturated carbocycles. The molecule has 5 nitrogen and oxygen atoms in total. The standard InChI is InChI=1S/C14H20N2O3/c1-14(2,3)16-12(17)9-19-13(18)8-10-4-6-11(15)7-5-10/h4-7H,8-9,15H2,1-3H3,(H,16,17). The van der Waals surface area contributed by atoms with E-state index < -0.39 is 5.97 Å². The number of hydrogen-bond donors (Lipinski definition) is 2. The van der Waals surface area contributed by atoms with Crippen LogP contribution in [0.1, 0.15) is 26.3 Å². The Balaban J connectivity index is 2.36. The van der Waals surface area contributed by atoms with E-state index in [1.165, 1.54) is 0 Å². The van der Waals surface area contributed by atoms with Crippen LogP contribution in [0.15, 0.2) is 24.3 Å². The zero-order valence-corrected chi connectivity index (χ0v) is 11.5. The van der Waals surface area contributed by atoms with Gasteiger partial charge in [0.2, 0.25) is 0 Å². The van der Waals surface area contributed by atoms with Gasteiger partial charge in [-0.2, -0.15) is 0 Å². The first-order valence-electron chi connectivity index (χ1n) is 6.07. The number of rotatable bonds is 4. The first-order valence-corrected chi connectivity index (χ1v) is 6.07. The molecule has 19 heavy (non-hydrogen) atoms. The molecule has 1 rings (SSSR count). The highest BCUT2D eigenvalue weighted by Crippen LogP contribution is 2.06. The number of nitrogen functional groups attached to an aromatic ring is 1. The Labute approximate surface area is 113 Å². The minimum absolute atomic E-state index is 0.128. The van der Waals surface area contributed by atoms with Gasteiger partial charge in [0.05, 0.1) is 6.42 Å². The first kappa shape index (κ1) is 15.0. The van der Waals surface area contributed by atoms with E-state index in [0.717, 1.165) is 5.56 Å². The Hall–Kier alpha value is -2.04. The lowest BCUT2D eigenvalue weighted by atomic mass is 10.1. The molecule has 0 spiro atoms. The molecule has 0 aliphatic carbocycles. The molecule has 104 valence electrons.